The van der Waals surface area contributed by atoms with E-state index in [9.17, 15) is 8.42 Å². The first-order chi connectivity index (χ1) is 10.9. The van der Waals surface area contributed by atoms with Gasteiger partial charge in [-0.1, -0.05) is 13.8 Å². The van der Waals surface area contributed by atoms with Gasteiger partial charge in [-0.15, -0.1) is 0 Å². The molecule has 0 atom stereocenters. The molecule has 0 aliphatic carbocycles. The second-order valence-electron chi connectivity index (χ2n) is 6.44. The number of pyridine rings is 1. The van der Waals surface area contributed by atoms with Crippen LogP contribution in [0.2, 0.25) is 0 Å². The van der Waals surface area contributed by atoms with Crippen molar-refractivity contribution in [3.8, 4) is 6.07 Å². The van der Waals surface area contributed by atoms with E-state index in [1.165, 1.54) is 0 Å². The Bertz CT molecular complexity index is 659. The maximum atomic E-state index is 11.9. The summed E-state index contributed by atoms with van der Waals surface area (Å²) in [6.45, 7) is 5.88. The highest BCUT2D eigenvalue weighted by atomic mass is 32.2. The first-order valence-corrected chi connectivity index (χ1v) is 9.64. The van der Waals surface area contributed by atoms with Crippen molar-refractivity contribution in [2.24, 2.45) is 11.8 Å². The molecule has 1 aromatic rings. The topological polar surface area (TPSA) is 86.1 Å². The van der Waals surface area contributed by atoms with E-state index in [0.717, 1.165) is 31.7 Å². The number of nitrogens with one attached hydrogen (secondary N) is 1. The van der Waals surface area contributed by atoms with Crippen molar-refractivity contribution in [2.75, 3.05) is 30.3 Å². The third-order valence-electron chi connectivity index (χ3n) is 3.97. The second-order valence-corrected chi connectivity index (χ2v) is 8.29. The van der Waals surface area contributed by atoms with E-state index in [1.54, 1.807) is 18.3 Å². The molecule has 1 aliphatic rings. The molecule has 0 unspecified atom stereocenters. The zero-order chi connectivity index (χ0) is 16.9. The second kappa shape index (κ2) is 7.75. The molecule has 1 saturated heterocycles. The van der Waals surface area contributed by atoms with Crippen LogP contribution in [0.4, 0.5) is 5.82 Å². The number of nitrogens with zero attached hydrogens (tertiary/aromatic N) is 3. The van der Waals surface area contributed by atoms with Crippen LogP contribution in [0.5, 0.6) is 0 Å². The van der Waals surface area contributed by atoms with Crippen molar-refractivity contribution < 1.29 is 8.42 Å². The molecule has 2 heterocycles. The van der Waals surface area contributed by atoms with Crippen LogP contribution < -0.4 is 9.62 Å². The van der Waals surface area contributed by atoms with Gasteiger partial charge in [0.15, 0.2) is 0 Å². The molecule has 7 heteroatoms. The number of nitriles is 1. The number of rotatable bonds is 6. The Labute approximate surface area is 138 Å². The summed E-state index contributed by atoms with van der Waals surface area (Å²) in [6, 6.07) is 5.71. The molecule has 0 amide bonds. The quantitative estimate of drug-likeness (QED) is 0.855. The van der Waals surface area contributed by atoms with E-state index in [-0.39, 0.29) is 11.7 Å². The zero-order valence-corrected chi connectivity index (χ0v) is 14.5. The first-order valence-electron chi connectivity index (χ1n) is 7.98. The fourth-order valence-corrected chi connectivity index (χ4v) is 4.31. The van der Waals surface area contributed by atoms with Crippen LogP contribution >= 0.6 is 0 Å². The summed E-state index contributed by atoms with van der Waals surface area (Å²) in [6.07, 6.45) is 3.49. The van der Waals surface area contributed by atoms with Gasteiger partial charge in [0.05, 0.1) is 11.3 Å². The Morgan fingerprint density at radius 3 is 2.74 bits per heavy atom. The van der Waals surface area contributed by atoms with E-state index < -0.39 is 10.0 Å². The highest BCUT2D eigenvalue weighted by Crippen LogP contribution is 2.23. The Balaban J connectivity index is 1.86. The van der Waals surface area contributed by atoms with Crippen LogP contribution in [-0.2, 0) is 10.0 Å². The maximum Gasteiger partial charge on any atom is 0.211 e. The average Bonchev–Trinajstić information content (AvgIpc) is 2.52. The molecule has 126 valence electrons. The Morgan fingerprint density at radius 1 is 1.43 bits per heavy atom. The Kier molecular flexibility index (Phi) is 5.97. The van der Waals surface area contributed by atoms with Gasteiger partial charge in [-0.25, -0.2) is 18.1 Å². The van der Waals surface area contributed by atoms with Gasteiger partial charge < -0.3 is 4.90 Å². The molecule has 1 aromatic heterocycles. The smallest absolute Gasteiger partial charge is 0.211 e. The summed E-state index contributed by atoms with van der Waals surface area (Å²) in [5, 5.41) is 9.15. The summed E-state index contributed by atoms with van der Waals surface area (Å²) in [7, 11) is -3.18. The lowest BCUT2D eigenvalue weighted by Crippen LogP contribution is -2.40. The zero-order valence-electron chi connectivity index (χ0n) is 13.7. The summed E-state index contributed by atoms with van der Waals surface area (Å²) >= 11 is 0. The van der Waals surface area contributed by atoms with Crippen LogP contribution in [0.15, 0.2) is 18.3 Å². The van der Waals surface area contributed by atoms with Crippen molar-refractivity contribution in [1.82, 2.24) is 9.71 Å². The molecular weight excluding hydrogens is 312 g/mol. The highest BCUT2D eigenvalue weighted by Gasteiger charge is 2.23. The summed E-state index contributed by atoms with van der Waals surface area (Å²) in [5.74, 6) is 1.37. The van der Waals surface area contributed by atoms with E-state index >= 15 is 0 Å². The molecule has 1 aliphatic heterocycles. The normalized spacial score (nSPS) is 16.5. The van der Waals surface area contributed by atoms with Crippen molar-refractivity contribution in [3.63, 3.8) is 0 Å². The molecular formula is C16H24N4O2S. The Morgan fingerprint density at radius 2 is 2.13 bits per heavy atom. The lowest BCUT2D eigenvalue weighted by Gasteiger charge is -2.33. The third-order valence-corrected chi connectivity index (χ3v) is 5.68. The van der Waals surface area contributed by atoms with Gasteiger partial charge in [-0.2, -0.15) is 5.26 Å². The molecule has 1 fully saturated rings. The van der Waals surface area contributed by atoms with Gasteiger partial charge in [-0.05, 0) is 36.8 Å². The van der Waals surface area contributed by atoms with Crippen LogP contribution in [0.3, 0.4) is 0 Å². The van der Waals surface area contributed by atoms with Gasteiger partial charge in [0.2, 0.25) is 10.0 Å². The lowest BCUT2D eigenvalue weighted by atomic mass is 9.97. The molecule has 1 N–H and O–H groups in total. The van der Waals surface area contributed by atoms with Gasteiger partial charge >= 0.3 is 0 Å². The van der Waals surface area contributed by atoms with Crippen molar-refractivity contribution in [3.05, 3.63) is 23.9 Å². The van der Waals surface area contributed by atoms with Crippen LogP contribution in [0, 0.1) is 23.2 Å². The molecule has 0 aromatic carbocycles. The average molecular weight is 336 g/mol. The first kappa shape index (κ1) is 17.7. The number of piperidine rings is 1. The van der Waals surface area contributed by atoms with Gasteiger partial charge in [0.1, 0.15) is 11.9 Å². The minimum Gasteiger partial charge on any atom is -0.356 e. The highest BCUT2D eigenvalue weighted by molar-refractivity contribution is 7.89. The largest absolute Gasteiger partial charge is 0.356 e. The summed E-state index contributed by atoms with van der Waals surface area (Å²) in [5.41, 5.74) is 0.587. The number of aromatic nitrogens is 1. The third kappa shape index (κ3) is 5.19. The van der Waals surface area contributed by atoms with Crippen LogP contribution in [0.25, 0.3) is 0 Å². The van der Waals surface area contributed by atoms with E-state index in [0.29, 0.717) is 18.0 Å². The summed E-state index contributed by atoms with van der Waals surface area (Å²) < 4.78 is 26.5. The standard InChI is InChI=1S/C16H24N4O2S/c1-13(2)12-23(21,22)19-11-14-5-8-20(9-6-14)16-15(10-17)4-3-7-18-16/h3-4,7,13-14,19H,5-6,8-9,11-12H2,1-2H3. The van der Waals surface area contributed by atoms with Crippen LogP contribution in [0.1, 0.15) is 32.3 Å². The Hall–Kier alpha value is -1.65. The lowest BCUT2D eigenvalue weighted by molar-refractivity contribution is 0.400. The van der Waals surface area contributed by atoms with Crippen molar-refractivity contribution in [2.45, 2.75) is 26.7 Å². The van der Waals surface area contributed by atoms with Crippen molar-refractivity contribution in [1.29, 1.82) is 5.26 Å². The maximum absolute atomic E-state index is 11.9. The molecule has 0 spiro atoms. The van der Waals surface area contributed by atoms with E-state index in [2.05, 4.69) is 20.7 Å². The molecule has 0 bridgehead atoms. The SMILES string of the molecule is CC(C)CS(=O)(=O)NCC1CCN(c2ncccc2C#N)CC1. The number of anilines is 1. The monoisotopic (exact) mass is 336 g/mol. The fraction of sp³-hybridized carbons (Fsp3) is 0.625. The predicted octanol–water partition coefficient (Wildman–Crippen LogP) is 1.75. The molecule has 0 radical (unpaired) electrons. The number of sulfonamides is 1. The summed E-state index contributed by atoms with van der Waals surface area (Å²) in [4.78, 5) is 6.42. The minimum atomic E-state index is -3.18. The fourth-order valence-electron chi connectivity index (χ4n) is 2.83. The molecule has 0 saturated carbocycles. The molecule has 23 heavy (non-hydrogen) atoms. The number of hydrogen-bond acceptors (Lipinski definition) is 5. The van der Waals surface area contributed by atoms with Crippen LogP contribution in [-0.4, -0.2) is 38.8 Å². The van der Waals surface area contributed by atoms with Gasteiger partial charge in [0, 0.05) is 25.8 Å². The molecule has 2 rings (SSSR count). The van der Waals surface area contributed by atoms with E-state index in [4.69, 9.17) is 5.26 Å². The van der Waals surface area contributed by atoms with E-state index in [1.807, 2.05) is 13.8 Å². The van der Waals surface area contributed by atoms with Gasteiger partial charge in [0.25, 0.3) is 0 Å². The van der Waals surface area contributed by atoms with Crippen molar-refractivity contribution >= 4 is 15.8 Å². The predicted molar refractivity (Wildman–Crippen MR) is 90.5 cm³/mol. The minimum absolute atomic E-state index is 0.128. The molecule has 6 nitrogen and oxygen atoms in total. The van der Waals surface area contributed by atoms with Gasteiger partial charge in [-0.3, -0.25) is 0 Å². The number of hydrogen-bond donors (Lipinski definition) is 1.